The van der Waals surface area contributed by atoms with E-state index in [1.54, 1.807) is 17.0 Å². The minimum Gasteiger partial charge on any atom is -0.440 e. The van der Waals surface area contributed by atoms with Crippen LogP contribution in [-0.2, 0) is 5.79 Å². The van der Waals surface area contributed by atoms with E-state index in [2.05, 4.69) is 0 Å². The molecule has 0 radical (unpaired) electrons. The van der Waals surface area contributed by atoms with Gasteiger partial charge in [-0.15, -0.1) is 0 Å². The Morgan fingerprint density at radius 2 is 1.58 bits per heavy atom. The number of nitrogens with zero attached hydrogens (tertiary/aromatic N) is 1. The first-order valence-corrected chi connectivity index (χ1v) is 12.4. The summed E-state index contributed by atoms with van der Waals surface area (Å²) in [5.41, 5.74) is 0.663. The number of hydrogen-bond acceptors (Lipinski definition) is 4. The highest BCUT2D eigenvalue weighted by molar-refractivity contribution is 6.35. The summed E-state index contributed by atoms with van der Waals surface area (Å²) in [6, 6.07) is 12.5. The summed E-state index contributed by atoms with van der Waals surface area (Å²) < 4.78 is 41.5. The number of aliphatic hydroxyl groups is 1. The van der Waals surface area contributed by atoms with Gasteiger partial charge < -0.3 is 19.5 Å². The van der Waals surface area contributed by atoms with E-state index in [9.17, 15) is 14.3 Å². The zero-order valence-corrected chi connectivity index (χ0v) is 20.4. The molecule has 0 saturated carbocycles. The molecule has 3 aliphatic heterocycles. The number of benzene rings is 3. The Morgan fingerprint density at radius 3 is 2.22 bits per heavy atom. The molecule has 2 saturated heterocycles. The summed E-state index contributed by atoms with van der Waals surface area (Å²) in [5, 5.41) is 10.7. The standard InChI is InChI=1S/C27H21Cl2F2NO4/c28-15-3-8-21(22(29)9-15)27(14-1-4-16(30)5-2-14)35-24-12-20(23(31)13-25(24)36-27)26(34)32-17-6-7-18(32)11-19(33)10-17/h1-5,8-9,12-13,17-19,33H,6-7,10-11H2. The van der Waals surface area contributed by atoms with Crippen molar-refractivity contribution in [2.24, 2.45) is 0 Å². The van der Waals surface area contributed by atoms with E-state index in [0.717, 1.165) is 18.9 Å². The van der Waals surface area contributed by atoms with Gasteiger partial charge in [-0.05, 0) is 74.2 Å². The van der Waals surface area contributed by atoms with E-state index in [-0.39, 0.29) is 34.2 Å². The minimum absolute atomic E-state index is 0.0800. The van der Waals surface area contributed by atoms with Crippen LogP contribution < -0.4 is 9.47 Å². The molecule has 186 valence electrons. The molecule has 36 heavy (non-hydrogen) atoms. The number of amides is 1. The van der Waals surface area contributed by atoms with Gasteiger partial charge in [0.25, 0.3) is 5.91 Å². The maximum atomic E-state index is 15.3. The lowest BCUT2D eigenvalue weighted by Crippen LogP contribution is -2.48. The van der Waals surface area contributed by atoms with E-state index in [4.69, 9.17) is 32.7 Å². The van der Waals surface area contributed by atoms with E-state index < -0.39 is 29.4 Å². The third-order valence-electron chi connectivity index (χ3n) is 7.22. The largest absolute Gasteiger partial charge is 0.440 e. The summed E-state index contributed by atoms with van der Waals surface area (Å²) >= 11 is 12.6. The quantitative estimate of drug-likeness (QED) is 0.445. The van der Waals surface area contributed by atoms with Crippen molar-refractivity contribution >= 4 is 29.1 Å². The molecule has 1 N–H and O–H groups in total. The molecule has 2 fully saturated rings. The van der Waals surface area contributed by atoms with Gasteiger partial charge in [-0.2, -0.15) is 0 Å². The number of carbonyl (C=O) groups excluding carboxylic acids is 1. The van der Waals surface area contributed by atoms with E-state index in [1.807, 2.05) is 0 Å². The van der Waals surface area contributed by atoms with Gasteiger partial charge in [-0.25, -0.2) is 8.78 Å². The van der Waals surface area contributed by atoms with Crippen molar-refractivity contribution in [3.63, 3.8) is 0 Å². The molecule has 1 amide bonds. The molecule has 5 nitrogen and oxygen atoms in total. The van der Waals surface area contributed by atoms with Crippen LogP contribution in [0.4, 0.5) is 8.78 Å². The number of carbonyl (C=O) groups is 1. The average Bonchev–Trinajstić information content (AvgIpc) is 3.33. The predicted molar refractivity (Wildman–Crippen MR) is 130 cm³/mol. The van der Waals surface area contributed by atoms with Gasteiger partial charge in [0.2, 0.25) is 0 Å². The molecular formula is C27H21Cl2F2NO4. The first-order chi connectivity index (χ1) is 17.2. The maximum Gasteiger partial charge on any atom is 0.307 e. The summed E-state index contributed by atoms with van der Waals surface area (Å²) in [6.07, 6.45) is 2.08. The number of hydrogen-bond donors (Lipinski definition) is 1. The van der Waals surface area contributed by atoms with Crippen LogP contribution in [0.3, 0.4) is 0 Å². The number of rotatable bonds is 3. The molecule has 0 aromatic heterocycles. The minimum atomic E-state index is -1.65. The van der Waals surface area contributed by atoms with Crippen molar-refractivity contribution in [2.75, 3.05) is 0 Å². The monoisotopic (exact) mass is 531 g/mol. The number of fused-ring (bicyclic) bond motifs is 3. The summed E-state index contributed by atoms with van der Waals surface area (Å²) in [5.74, 6) is -3.06. The fourth-order valence-corrected chi connectivity index (χ4v) is 6.15. The van der Waals surface area contributed by atoms with Crippen LogP contribution in [-0.4, -0.2) is 34.1 Å². The molecule has 3 unspecified atom stereocenters. The summed E-state index contributed by atoms with van der Waals surface area (Å²) in [4.78, 5) is 15.1. The van der Waals surface area contributed by atoms with Crippen molar-refractivity contribution < 1.29 is 28.2 Å². The van der Waals surface area contributed by atoms with Crippen LogP contribution in [0.25, 0.3) is 0 Å². The summed E-state index contributed by atoms with van der Waals surface area (Å²) in [6.45, 7) is 0. The van der Waals surface area contributed by atoms with Gasteiger partial charge in [-0.1, -0.05) is 23.2 Å². The van der Waals surface area contributed by atoms with Crippen LogP contribution in [0.5, 0.6) is 11.5 Å². The van der Waals surface area contributed by atoms with Gasteiger partial charge in [-0.3, -0.25) is 4.79 Å². The Balaban J connectivity index is 1.41. The van der Waals surface area contributed by atoms with Crippen molar-refractivity contribution in [3.05, 3.63) is 93.0 Å². The number of aliphatic hydroxyl groups excluding tert-OH is 1. The molecule has 2 bridgehead atoms. The molecule has 9 heteroatoms. The molecule has 6 rings (SSSR count). The second-order valence-corrected chi connectivity index (χ2v) is 10.3. The van der Waals surface area contributed by atoms with Gasteiger partial charge in [0.05, 0.1) is 22.3 Å². The normalized spacial score (nSPS) is 26.4. The average molecular weight is 532 g/mol. The molecule has 3 aromatic carbocycles. The van der Waals surface area contributed by atoms with Crippen LogP contribution >= 0.6 is 23.2 Å². The van der Waals surface area contributed by atoms with E-state index in [0.29, 0.717) is 29.0 Å². The Morgan fingerprint density at radius 1 is 0.944 bits per heavy atom. The summed E-state index contributed by atoms with van der Waals surface area (Å²) in [7, 11) is 0. The lowest BCUT2D eigenvalue weighted by Gasteiger charge is -2.37. The Hall–Kier alpha value is -2.87. The molecule has 3 atom stereocenters. The first-order valence-electron chi connectivity index (χ1n) is 11.7. The highest BCUT2D eigenvalue weighted by Crippen LogP contribution is 2.50. The zero-order chi connectivity index (χ0) is 25.2. The van der Waals surface area contributed by atoms with E-state index >= 15 is 4.39 Å². The van der Waals surface area contributed by atoms with Crippen LogP contribution in [0.15, 0.2) is 54.6 Å². The second-order valence-electron chi connectivity index (χ2n) is 9.45. The molecule has 3 aromatic rings. The second kappa shape index (κ2) is 8.61. The highest BCUT2D eigenvalue weighted by Gasteiger charge is 2.48. The molecular weight excluding hydrogens is 511 g/mol. The van der Waals surface area contributed by atoms with E-state index in [1.165, 1.54) is 36.4 Å². The Labute approximate surface area is 216 Å². The molecule has 3 heterocycles. The molecule has 0 spiro atoms. The van der Waals surface area contributed by atoms with Crippen molar-refractivity contribution in [3.8, 4) is 11.5 Å². The third-order valence-corrected chi connectivity index (χ3v) is 7.77. The van der Waals surface area contributed by atoms with Crippen molar-refractivity contribution in [1.29, 1.82) is 0 Å². The van der Waals surface area contributed by atoms with Gasteiger partial charge in [0.1, 0.15) is 11.6 Å². The zero-order valence-electron chi connectivity index (χ0n) is 18.9. The maximum absolute atomic E-state index is 15.3. The number of halogens is 4. The van der Waals surface area contributed by atoms with Crippen molar-refractivity contribution in [1.82, 2.24) is 4.90 Å². The van der Waals surface area contributed by atoms with Gasteiger partial charge in [0.15, 0.2) is 11.5 Å². The lowest BCUT2D eigenvalue weighted by atomic mass is 9.97. The first kappa shape index (κ1) is 23.5. The lowest BCUT2D eigenvalue weighted by molar-refractivity contribution is -0.0459. The Bertz CT molecular complexity index is 1350. The fourth-order valence-electron chi connectivity index (χ4n) is 5.62. The predicted octanol–water partition coefficient (Wildman–Crippen LogP) is 6.07. The number of piperidine rings is 1. The van der Waals surface area contributed by atoms with Crippen LogP contribution in [0, 0.1) is 11.6 Å². The van der Waals surface area contributed by atoms with Crippen molar-refractivity contribution in [2.45, 2.75) is 49.7 Å². The van der Waals surface area contributed by atoms with Crippen LogP contribution in [0.2, 0.25) is 10.0 Å². The molecule has 3 aliphatic rings. The van der Waals surface area contributed by atoms with Crippen LogP contribution in [0.1, 0.15) is 47.2 Å². The van der Waals surface area contributed by atoms with Gasteiger partial charge in [0, 0.05) is 28.7 Å². The third kappa shape index (κ3) is 3.72. The Kier molecular flexibility index (Phi) is 5.63. The smallest absolute Gasteiger partial charge is 0.307 e. The SMILES string of the molecule is O=C(c1cc2c(cc1F)OC(c1ccc(F)cc1)(c1ccc(Cl)cc1Cl)O2)N1C2CCC1CC(O)C2. The highest BCUT2D eigenvalue weighted by atomic mass is 35.5. The van der Waals surface area contributed by atoms with Gasteiger partial charge >= 0.3 is 5.79 Å². The number of ether oxygens (including phenoxy) is 2. The molecule has 0 aliphatic carbocycles. The topological polar surface area (TPSA) is 59.0 Å². The fraction of sp³-hybridized carbons (Fsp3) is 0.296.